The number of morpholine rings is 1. The van der Waals surface area contributed by atoms with Crippen LogP contribution in [0, 0.1) is 5.82 Å². The van der Waals surface area contributed by atoms with Gasteiger partial charge in [0.2, 0.25) is 11.8 Å². The average molecular weight is 668 g/mol. The highest BCUT2D eigenvalue weighted by Crippen LogP contribution is 2.30. The maximum absolute atomic E-state index is 15.2. The number of anilines is 2. The van der Waals surface area contributed by atoms with Gasteiger partial charge < -0.3 is 30.5 Å². The van der Waals surface area contributed by atoms with Crippen LogP contribution in [0.2, 0.25) is 4.34 Å². The lowest BCUT2D eigenvalue weighted by atomic mass is 10.1. The van der Waals surface area contributed by atoms with Gasteiger partial charge in [-0.1, -0.05) is 11.6 Å². The normalized spacial score (nSPS) is 17.2. The quantitative estimate of drug-likeness (QED) is 0.267. The molecule has 2 aliphatic rings. The molecule has 0 spiro atoms. The Balaban J connectivity index is 1.38. The summed E-state index contributed by atoms with van der Waals surface area (Å²) in [6, 6.07) is 5.77. The fourth-order valence-corrected chi connectivity index (χ4v) is 5.70. The lowest BCUT2D eigenvalue weighted by Crippen LogP contribution is -2.43. The fourth-order valence-electron chi connectivity index (χ4n) is 4.71. The van der Waals surface area contributed by atoms with E-state index in [-0.39, 0.29) is 62.1 Å². The molecule has 14 nitrogen and oxygen atoms in total. The molecule has 1 aromatic carbocycles. The highest BCUT2D eigenvalue weighted by Gasteiger charge is 2.38. The van der Waals surface area contributed by atoms with Gasteiger partial charge in [-0.05, 0) is 43.2 Å². The zero-order chi connectivity index (χ0) is 32.7. The highest BCUT2D eigenvalue weighted by atomic mass is 35.5. The van der Waals surface area contributed by atoms with Gasteiger partial charge >= 0.3 is 12.1 Å². The maximum atomic E-state index is 15.2. The van der Waals surface area contributed by atoms with E-state index in [0.29, 0.717) is 23.1 Å². The smallest absolute Gasteiger partial charge is 0.414 e. The van der Waals surface area contributed by atoms with Crippen molar-refractivity contribution in [1.29, 1.82) is 0 Å². The number of nitrogens with one attached hydrogen (secondary N) is 1. The van der Waals surface area contributed by atoms with E-state index in [1.807, 2.05) is 0 Å². The number of unbranched alkanes of at least 4 members (excludes halogenated alkanes) is 1. The van der Waals surface area contributed by atoms with Crippen LogP contribution in [0.15, 0.2) is 30.3 Å². The number of aliphatic carboxylic acids is 1. The monoisotopic (exact) mass is 667 g/mol. The first-order valence-corrected chi connectivity index (χ1v) is 15.1. The molecular weight excluding hydrogens is 637 g/mol. The zero-order valence-corrected chi connectivity index (χ0v) is 25.5. The largest absolute Gasteiger partial charge is 0.481 e. The third-order valence-electron chi connectivity index (χ3n) is 6.96. The lowest BCUT2D eigenvalue weighted by molar-refractivity contribution is -0.139. The van der Waals surface area contributed by atoms with Crippen LogP contribution in [-0.4, -0.2) is 97.2 Å². The molecule has 2 atom stereocenters. The number of carboxylic acid groups (broad SMARTS) is 1. The Morgan fingerprint density at radius 2 is 1.96 bits per heavy atom. The van der Waals surface area contributed by atoms with E-state index in [0.717, 1.165) is 27.2 Å². The average Bonchev–Trinajstić information content (AvgIpc) is 3.59. The van der Waals surface area contributed by atoms with Crippen molar-refractivity contribution in [2.45, 2.75) is 37.8 Å². The number of hydrogen-bond acceptors (Lipinski definition) is 10. The molecule has 45 heavy (non-hydrogen) atoms. The van der Waals surface area contributed by atoms with E-state index in [1.54, 1.807) is 0 Å². The van der Waals surface area contributed by atoms with Crippen LogP contribution in [0.5, 0.6) is 0 Å². The van der Waals surface area contributed by atoms with E-state index < -0.39 is 54.2 Å². The molecule has 0 bridgehead atoms. The number of rotatable bonds is 13. The first-order chi connectivity index (χ1) is 21.4. The number of thiophene rings is 1. The van der Waals surface area contributed by atoms with E-state index >= 15 is 4.39 Å². The van der Waals surface area contributed by atoms with Crippen molar-refractivity contribution >= 4 is 70.0 Å². The molecule has 0 aliphatic carbocycles. The molecule has 17 heteroatoms. The predicted octanol–water partition coefficient (Wildman–Crippen LogP) is 1.99. The van der Waals surface area contributed by atoms with Gasteiger partial charge in [0.1, 0.15) is 18.5 Å². The van der Waals surface area contributed by atoms with E-state index in [1.165, 1.54) is 29.2 Å². The van der Waals surface area contributed by atoms with Gasteiger partial charge in [0.15, 0.2) is 0 Å². The van der Waals surface area contributed by atoms with Crippen LogP contribution < -0.4 is 20.9 Å². The molecule has 0 saturated carbocycles. The Labute approximate surface area is 265 Å². The Morgan fingerprint density at radius 1 is 1.18 bits per heavy atom. The van der Waals surface area contributed by atoms with Gasteiger partial charge in [-0.15, -0.1) is 11.3 Å². The number of imide groups is 1. The van der Waals surface area contributed by atoms with Crippen molar-refractivity contribution < 1.29 is 47.7 Å². The molecule has 4 N–H and O–H groups in total. The Morgan fingerprint density at radius 3 is 2.62 bits per heavy atom. The van der Waals surface area contributed by atoms with Crippen molar-refractivity contribution in [2.24, 2.45) is 5.73 Å². The standard InChI is InChI=1S/C28H31ClFN5O9S/c29-22-7-6-21(45-22)27(41)35(23(36)3-1-2-8-32-26(40)19(31)12-25(38)39)14-17-13-34(28(42)44-17)20-5-4-16(11-18(20)30)33-9-10-43-15-24(33)37/h4-7,11,17,19H,1-3,8-10,12-15,31H2,(H,32,40)(H,38,39). The number of ether oxygens (including phenoxy) is 2. The molecule has 4 rings (SSSR count). The summed E-state index contributed by atoms with van der Waals surface area (Å²) in [6.45, 7) is 0.117. The molecule has 5 amide bonds. The summed E-state index contributed by atoms with van der Waals surface area (Å²) in [5.41, 5.74) is 5.74. The fraction of sp³-hybridized carbons (Fsp3) is 0.429. The number of nitrogens with zero attached hydrogens (tertiary/aromatic N) is 3. The van der Waals surface area contributed by atoms with Crippen molar-refractivity contribution in [2.75, 3.05) is 49.2 Å². The van der Waals surface area contributed by atoms with Crippen LogP contribution in [0.1, 0.15) is 35.4 Å². The summed E-state index contributed by atoms with van der Waals surface area (Å²) in [5, 5.41) is 11.3. The summed E-state index contributed by atoms with van der Waals surface area (Å²) >= 11 is 6.96. The van der Waals surface area contributed by atoms with E-state index in [9.17, 15) is 28.8 Å². The second-order valence-electron chi connectivity index (χ2n) is 10.2. The third-order valence-corrected chi connectivity index (χ3v) is 8.18. The first kappa shape index (κ1) is 33.8. The van der Waals surface area contributed by atoms with Crippen LogP contribution in [-0.2, 0) is 28.7 Å². The van der Waals surface area contributed by atoms with Gasteiger partial charge in [-0.25, -0.2) is 9.18 Å². The summed E-state index contributed by atoms with van der Waals surface area (Å²) in [7, 11) is 0. The highest BCUT2D eigenvalue weighted by molar-refractivity contribution is 7.18. The third kappa shape index (κ3) is 8.75. The van der Waals surface area contributed by atoms with Gasteiger partial charge in [-0.3, -0.25) is 33.8 Å². The van der Waals surface area contributed by atoms with Crippen LogP contribution in [0.4, 0.5) is 20.6 Å². The molecule has 2 aromatic rings. The summed E-state index contributed by atoms with van der Waals surface area (Å²) < 4.78 is 26.0. The molecule has 2 fully saturated rings. The summed E-state index contributed by atoms with van der Waals surface area (Å²) in [5.74, 6) is -4.15. The number of carbonyl (C=O) groups is 6. The predicted molar refractivity (Wildman–Crippen MR) is 160 cm³/mol. The number of carbonyl (C=O) groups excluding carboxylic acids is 5. The number of amides is 5. The van der Waals surface area contributed by atoms with Crippen LogP contribution >= 0.6 is 22.9 Å². The van der Waals surface area contributed by atoms with Gasteiger partial charge in [0.05, 0.1) is 47.1 Å². The number of benzene rings is 1. The first-order valence-electron chi connectivity index (χ1n) is 14.0. The molecule has 2 aliphatic heterocycles. The maximum Gasteiger partial charge on any atom is 0.414 e. The number of hydrogen-bond donors (Lipinski definition) is 3. The van der Waals surface area contributed by atoms with E-state index in [4.69, 9.17) is 31.9 Å². The molecular formula is C28H31ClFN5O9S. The van der Waals surface area contributed by atoms with E-state index in [2.05, 4.69) is 5.32 Å². The number of carboxylic acids is 1. The summed E-state index contributed by atoms with van der Waals surface area (Å²) in [6.07, 6.45) is -1.86. The molecule has 3 heterocycles. The lowest BCUT2D eigenvalue weighted by Gasteiger charge is -2.27. The Bertz CT molecular complexity index is 1470. The molecule has 0 radical (unpaired) electrons. The van der Waals surface area contributed by atoms with Gasteiger partial charge in [0.25, 0.3) is 11.8 Å². The molecule has 242 valence electrons. The van der Waals surface area contributed by atoms with Crippen LogP contribution in [0.3, 0.4) is 0 Å². The van der Waals surface area contributed by atoms with Gasteiger partial charge in [0, 0.05) is 25.2 Å². The molecule has 2 unspecified atom stereocenters. The van der Waals surface area contributed by atoms with Crippen molar-refractivity contribution in [3.8, 4) is 0 Å². The van der Waals surface area contributed by atoms with Crippen molar-refractivity contribution in [1.82, 2.24) is 10.2 Å². The zero-order valence-electron chi connectivity index (χ0n) is 23.9. The molecule has 1 aromatic heterocycles. The summed E-state index contributed by atoms with van der Waals surface area (Å²) in [4.78, 5) is 77.6. The minimum absolute atomic E-state index is 0.0914. The van der Waals surface area contributed by atoms with Crippen molar-refractivity contribution in [3.05, 3.63) is 45.4 Å². The topological polar surface area (TPSA) is 189 Å². The van der Waals surface area contributed by atoms with Crippen molar-refractivity contribution in [3.63, 3.8) is 0 Å². The minimum atomic E-state index is -1.21. The van der Waals surface area contributed by atoms with Crippen LogP contribution in [0.25, 0.3) is 0 Å². The SMILES string of the molecule is NC(CC(=O)O)C(=O)NCCCCC(=O)N(CC1CN(c2ccc(N3CCOCC3=O)cc2F)C(=O)O1)C(=O)c1ccc(Cl)s1. The second-order valence-corrected chi connectivity index (χ2v) is 11.9. The van der Waals surface area contributed by atoms with Gasteiger partial charge in [-0.2, -0.15) is 0 Å². The Hall–Kier alpha value is -4.12. The number of cyclic esters (lactones) is 1. The molecule has 2 saturated heterocycles. The Kier molecular flexibility index (Phi) is 11.4. The number of nitrogens with two attached hydrogens (primary N) is 1. The second kappa shape index (κ2) is 15.2. The minimum Gasteiger partial charge on any atom is -0.481 e. The number of halogens is 2.